The van der Waals surface area contributed by atoms with Crippen LogP contribution in [-0.4, -0.2) is 28.7 Å². The van der Waals surface area contributed by atoms with E-state index >= 15 is 0 Å². The molecule has 0 saturated carbocycles. The third-order valence-electron chi connectivity index (χ3n) is 5.94. The van der Waals surface area contributed by atoms with Crippen LogP contribution in [0.5, 0.6) is 0 Å². The molecule has 0 aliphatic heterocycles. The zero-order valence-corrected chi connectivity index (χ0v) is 22.0. The van der Waals surface area contributed by atoms with E-state index in [9.17, 15) is 31.2 Å². The Bertz CT molecular complexity index is 1840. The molecule has 0 saturated heterocycles. The molecule has 0 spiro atoms. The van der Waals surface area contributed by atoms with E-state index in [0.29, 0.717) is 21.4 Å². The molecule has 0 atom stereocenters. The molecule has 1 amide bonds. The van der Waals surface area contributed by atoms with Crippen LogP contribution in [0.3, 0.4) is 0 Å². The number of sulfonamides is 1. The topological polar surface area (TPSA) is 103 Å². The molecule has 1 N–H and O–H groups in total. The van der Waals surface area contributed by atoms with Gasteiger partial charge < -0.3 is 0 Å². The summed E-state index contributed by atoms with van der Waals surface area (Å²) in [5.41, 5.74) is -0.589. The highest BCUT2D eigenvalue weighted by molar-refractivity contribution is 7.90. The number of nitrogens with zero attached hydrogens (tertiary/aromatic N) is 3. The highest BCUT2D eigenvalue weighted by Gasteiger charge is 2.34. The van der Waals surface area contributed by atoms with Crippen molar-refractivity contribution in [3.8, 4) is 16.8 Å². The van der Waals surface area contributed by atoms with Crippen LogP contribution >= 0.6 is 11.3 Å². The summed E-state index contributed by atoms with van der Waals surface area (Å²) in [6, 6.07) is 20.7. The highest BCUT2D eigenvalue weighted by atomic mass is 32.2. The van der Waals surface area contributed by atoms with Gasteiger partial charge in [0.25, 0.3) is 15.9 Å². The molecule has 2 heterocycles. The number of thiophene rings is 1. The second-order valence-electron chi connectivity index (χ2n) is 8.57. The van der Waals surface area contributed by atoms with Crippen LogP contribution in [0, 0.1) is 0 Å². The van der Waals surface area contributed by atoms with E-state index in [-0.39, 0.29) is 22.0 Å². The molecule has 3 aromatic carbocycles. The average molecular weight is 585 g/mol. The van der Waals surface area contributed by atoms with Gasteiger partial charge in [0, 0.05) is 5.56 Å². The van der Waals surface area contributed by atoms with Crippen LogP contribution < -0.4 is 10.4 Å². The number of hydrogen-bond acceptors (Lipinski definition) is 6. The number of hydrogen-bond donors (Lipinski definition) is 1. The normalized spacial score (nSPS) is 11.9. The maximum atomic E-state index is 13.4. The zero-order valence-electron chi connectivity index (χ0n) is 20.4. The predicted molar refractivity (Wildman–Crippen MR) is 143 cm³/mol. The van der Waals surface area contributed by atoms with Gasteiger partial charge in [0.2, 0.25) is 0 Å². The van der Waals surface area contributed by atoms with Gasteiger partial charge in [-0.2, -0.15) is 23.0 Å². The minimum absolute atomic E-state index is 0.0180. The number of carbonyl (C=O) groups excluding carboxylic acids is 1. The molecule has 0 aliphatic carbocycles. The van der Waals surface area contributed by atoms with Crippen LogP contribution in [0.15, 0.2) is 106 Å². The number of rotatable bonds is 7. The number of alkyl halides is 3. The van der Waals surface area contributed by atoms with Gasteiger partial charge in [-0.25, -0.2) is 17.9 Å². The fourth-order valence-corrected chi connectivity index (χ4v) is 5.95. The lowest BCUT2D eigenvalue weighted by molar-refractivity contribution is -0.137. The number of nitrogens with one attached hydrogen (secondary N) is 1. The second kappa shape index (κ2) is 10.6. The summed E-state index contributed by atoms with van der Waals surface area (Å²) in [6.07, 6.45) is -3.51. The summed E-state index contributed by atoms with van der Waals surface area (Å²) in [6.45, 7) is 0.0180. The number of aromatic nitrogens is 3. The van der Waals surface area contributed by atoms with E-state index in [1.54, 1.807) is 53.9 Å². The van der Waals surface area contributed by atoms with Crippen molar-refractivity contribution in [2.75, 3.05) is 0 Å². The summed E-state index contributed by atoms with van der Waals surface area (Å²) in [5, 5.41) is 5.53. The molecule has 0 unspecified atom stereocenters. The monoisotopic (exact) mass is 584 g/mol. The summed E-state index contributed by atoms with van der Waals surface area (Å²) in [5.74, 6) is -0.732. The number of carbonyl (C=O) groups is 1. The lowest BCUT2D eigenvalue weighted by atomic mass is 10.0. The molecule has 8 nitrogen and oxygen atoms in total. The van der Waals surface area contributed by atoms with Gasteiger partial charge in [-0.3, -0.25) is 9.36 Å². The van der Waals surface area contributed by atoms with E-state index in [0.717, 1.165) is 23.7 Å². The first kappa shape index (κ1) is 27.1. The molecule has 2 aromatic heterocycles. The van der Waals surface area contributed by atoms with E-state index < -0.39 is 33.4 Å². The molecule has 0 fully saturated rings. The molecule has 0 bridgehead atoms. The molecule has 5 rings (SSSR count). The van der Waals surface area contributed by atoms with Crippen molar-refractivity contribution in [2.24, 2.45) is 0 Å². The molecule has 5 aromatic rings. The van der Waals surface area contributed by atoms with Crippen molar-refractivity contribution in [3.05, 3.63) is 123 Å². The quantitative estimate of drug-likeness (QED) is 0.292. The fourth-order valence-electron chi connectivity index (χ4n) is 4.07. The van der Waals surface area contributed by atoms with Crippen LogP contribution in [-0.2, 0) is 22.7 Å². The Morgan fingerprint density at radius 3 is 2.33 bits per heavy atom. The molecule has 13 heteroatoms. The Morgan fingerprint density at radius 1 is 0.925 bits per heavy atom. The van der Waals surface area contributed by atoms with Gasteiger partial charge in [-0.1, -0.05) is 60.7 Å². The van der Waals surface area contributed by atoms with Gasteiger partial charge in [-0.05, 0) is 40.8 Å². The minimum Gasteiger partial charge on any atom is -0.277 e. The van der Waals surface area contributed by atoms with Crippen molar-refractivity contribution in [3.63, 3.8) is 0 Å². The number of halogens is 3. The summed E-state index contributed by atoms with van der Waals surface area (Å²) < 4.78 is 70.3. The zero-order chi connectivity index (χ0) is 28.5. The molecular formula is C27H19F3N4O4S2. The lowest BCUT2D eigenvalue weighted by Gasteiger charge is -2.12. The first-order valence-corrected chi connectivity index (χ1v) is 14.0. The largest absolute Gasteiger partial charge is 0.418 e. The molecule has 204 valence electrons. The van der Waals surface area contributed by atoms with E-state index in [4.69, 9.17) is 0 Å². The molecule has 40 heavy (non-hydrogen) atoms. The number of amides is 1. The first-order valence-electron chi connectivity index (χ1n) is 11.6. The van der Waals surface area contributed by atoms with Gasteiger partial charge in [0.1, 0.15) is 6.33 Å². The van der Waals surface area contributed by atoms with Crippen molar-refractivity contribution in [1.82, 2.24) is 19.1 Å². The highest BCUT2D eigenvalue weighted by Crippen LogP contribution is 2.33. The summed E-state index contributed by atoms with van der Waals surface area (Å²) in [4.78, 5) is 25.4. The Kier molecular flexibility index (Phi) is 7.17. The Labute approximate surface area is 230 Å². The van der Waals surface area contributed by atoms with Gasteiger partial charge in [0.05, 0.1) is 27.6 Å². The van der Waals surface area contributed by atoms with Crippen LogP contribution in [0.2, 0.25) is 0 Å². The minimum atomic E-state index is -4.66. The van der Waals surface area contributed by atoms with Gasteiger partial charge in [-0.15, -0.1) is 11.3 Å². The second-order valence-corrected chi connectivity index (χ2v) is 11.2. The van der Waals surface area contributed by atoms with Crippen LogP contribution in [0.4, 0.5) is 13.2 Å². The third-order valence-corrected chi connectivity index (χ3v) is 8.20. The van der Waals surface area contributed by atoms with Gasteiger partial charge >= 0.3 is 11.9 Å². The standard InChI is InChI=1S/C27H19F3N4O4S2/c28-27(29,30)21-7-2-3-8-22(21)34-26(36)33(17-31-34)16-18-11-13-19(14-12-18)20-6-1-4-10-24(20)40(37,38)32-25(35)23-9-5-15-39-23/h1-15,17H,16H2,(H,32,35). The maximum Gasteiger partial charge on any atom is 0.418 e. The summed E-state index contributed by atoms with van der Waals surface area (Å²) in [7, 11) is -4.20. The smallest absolute Gasteiger partial charge is 0.277 e. The van der Waals surface area contributed by atoms with E-state index in [1.165, 1.54) is 34.9 Å². The molecular weight excluding hydrogens is 565 g/mol. The SMILES string of the molecule is O=C(NS(=O)(=O)c1ccccc1-c1ccc(Cn2cnn(-c3ccccc3C(F)(F)F)c2=O)cc1)c1cccs1. The van der Waals surface area contributed by atoms with Crippen molar-refractivity contribution >= 4 is 27.3 Å². The molecule has 0 aliphatic rings. The van der Waals surface area contributed by atoms with Crippen molar-refractivity contribution in [2.45, 2.75) is 17.6 Å². The maximum absolute atomic E-state index is 13.4. The Hall–Kier alpha value is -4.49. The van der Waals surface area contributed by atoms with Crippen molar-refractivity contribution in [1.29, 1.82) is 0 Å². The number of para-hydroxylation sites is 1. The predicted octanol–water partition coefficient (Wildman–Crippen LogP) is 4.95. The third kappa shape index (κ3) is 5.46. The fraction of sp³-hybridized carbons (Fsp3) is 0.0741. The Balaban J connectivity index is 1.39. The van der Waals surface area contributed by atoms with Crippen molar-refractivity contribution < 1.29 is 26.4 Å². The van der Waals surface area contributed by atoms with Crippen LogP contribution in [0.1, 0.15) is 20.8 Å². The van der Waals surface area contributed by atoms with E-state index in [1.807, 2.05) is 0 Å². The lowest BCUT2D eigenvalue weighted by Crippen LogP contribution is -2.30. The molecule has 0 radical (unpaired) electrons. The average Bonchev–Trinajstić information content (AvgIpc) is 3.59. The van der Waals surface area contributed by atoms with Gasteiger partial charge in [0.15, 0.2) is 0 Å². The number of benzene rings is 3. The van der Waals surface area contributed by atoms with Crippen LogP contribution in [0.25, 0.3) is 16.8 Å². The Morgan fingerprint density at radius 2 is 1.62 bits per heavy atom. The summed E-state index contributed by atoms with van der Waals surface area (Å²) >= 11 is 1.12. The van der Waals surface area contributed by atoms with E-state index in [2.05, 4.69) is 9.82 Å². The first-order chi connectivity index (χ1) is 19.0.